The number of nitrogens with zero attached hydrogens (tertiary/aromatic N) is 3. The fourth-order valence-corrected chi connectivity index (χ4v) is 1.60. The predicted molar refractivity (Wildman–Crippen MR) is 70.9 cm³/mol. The number of imidazole rings is 1. The van der Waals surface area contributed by atoms with Gasteiger partial charge >= 0.3 is 0 Å². The van der Waals surface area contributed by atoms with E-state index in [-0.39, 0.29) is 12.1 Å². The number of nitrogens with one attached hydrogen (secondary N) is 1. The minimum atomic E-state index is 0.151. The Morgan fingerprint density at radius 2 is 2.17 bits per heavy atom. The van der Waals surface area contributed by atoms with Gasteiger partial charge in [-0.1, -0.05) is 0 Å². The first-order valence-electron chi connectivity index (χ1n) is 5.94. The molecule has 0 saturated heterocycles. The van der Waals surface area contributed by atoms with Crippen molar-refractivity contribution >= 4 is 5.69 Å². The Hall–Kier alpha value is -1.88. The Morgan fingerprint density at radius 1 is 1.33 bits per heavy atom. The molecule has 0 radical (unpaired) electrons. The molecular formula is C13H18N4O. The van der Waals surface area contributed by atoms with Crippen molar-refractivity contribution in [2.45, 2.75) is 26.0 Å². The van der Waals surface area contributed by atoms with E-state index >= 15 is 0 Å². The number of aromatic nitrogens is 3. The van der Waals surface area contributed by atoms with Crippen LogP contribution in [0.4, 0.5) is 5.69 Å². The second-order valence-electron chi connectivity index (χ2n) is 4.25. The largest absolute Gasteiger partial charge is 0.380 e. The van der Waals surface area contributed by atoms with Gasteiger partial charge in [0.25, 0.3) is 0 Å². The molecule has 2 atom stereocenters. The smallest absolute Gasteiger partial charge is 0.137 e. The molecule has 5 nitrogen and oxygen atoms in total. The van der Waals surface area contributed by atoms with Crippen LogP contribution in [0.15, 0.2) is 37.1 Å². The molecule has 18 heavy (non-hydrogen) atoms. The summed E-state index contributed by atoms with van der Waals surface area (Å²) in [7, 11) is 1.71. The summed E-state index contributed by atoms with van der Waals surface area (Å²) >= 11 is 0. The van der Waals surface area contributed by atoms with Crippen molar-refractivity contribution in [2.75, 3.05) is 12.4 Å². The monoisotopic (exact) mass is 246 g/mol. The standard InChI is InChI=1S/C13H18N4O/c1-10(11(2)18-3)16-12-4-5-13(15-8-12)17-7-6-14-9-17/h4-11,16H,1-3H3. The molecule has 5 heteroatoms. The van der Waals surface area contributed by atoms with E-state index in [4.69, 9.17) is 4.74 Å². The van der Waals surface area contributed by atoms with Gasteiger partial charge in [-0.05, 0) is 26.0 Å². The Bertz CT molecular complexity index is 466. The second-order valence-corrected chi connectivity index (χ2v) is 4.25. The van der Waals surface area contributed by atoms with E-state index in [1.165, 1.54) is 0 Å². The zero-order chi connectivity index (χ0) is 13.0. The molecule has 0 saturated carbocycles. The van der Waals surface area contributed by atoms with Crippen LogP contribution < -0.4 is 5.32 Å². The molecule has 96 valence electrons. The predicted octanol–water partition coefficient (Wildman–Crippen LogP) is 2.10. The highest BCUT2D eigenvalue weighted by atomic mass is 16.5. The van der Waals surface area contributed by atoms with E-state index in [0.29, 0.717) is 0 Å². The van der Waals surface area contributed by atoms with Gasteiger partial charge in [0.1, 0.15) is 12.1 Å². The van der Waals surface area contributed by atoms with E-state index in [1.54, 1.807) is 19.6 Å². The van der Waals surface area contributed by atoms with Gasteiger partial charge in [-0.2, -0.15) is 0 Å². The first-order chi connectivity index (χ1) is 8.70. The second kappa shape index (κ2) is 5.64. The van der Waals surface area contributed by atoms with Crippen LogP contribution in [-0.4, -0.2) is 33.8 Å². The number of ether oxygens (including phenoxy) is 1. The lowest BCUT2D eigenvalue weighted by atomic mass is 10.2. The Balaban J connectivity index is 2.04. The number of hydrogen-bond donors (Lipinski definition) is 1. The highest BCUT2D eigenvalue weighted by molar-refractivity contribution is 5.44. The van der Waals surface area contributed by atoms with Crippen LogP contribution in [0.25, 0.3) is 5.82 Å². The topological polar surface area (TPSA) is 52.0 Å². The van der Waals surface area contributed by atoms with Crippen LogP contribution in [0.2, 0.25) is 0 Å². The minimum Gasteiger partial charge on any atom is -0.380 e. The first-order valence-corrected chi connectivity index (χ1v) is 5.94. The molecule has 0 amide bonds. The third-order valence-corrected chi connectivity index (χ3v) is 2.99. The molecule has 0 aliphatic heterocycles. The highest BCUT2D eigenvalue weighted by Crippen LogP contribution is 2.12. The summed E-state index contributed by atoms with van der Waals surface area (Å²) in [5, 5.41) is 3.35. The highest BCUT2D eigenvalue weighted by Gasteiger charge is 2.10. The number of anilines is 1. The summed E-state index contributed by atoms with van der Waals surface area (Å²) in [5.41, 5.74) is 0.982. The Labute approximate surface area is 107 Å². The number of hydrogen-bond acceptors (Lipinski definition) is 4. The maximum Gasteiger partial charge on any atom is 0.137 e. The summed E-state index contributed by atoms with van der Waals surface area (Å²) in [6, 6.07) is 4.19. The minimum absolute atomic E-state index is 0.151. The molecule has 0 spiro atoms. The van der Waals surface area contributed by atoms with Crippen molar-refractivity contribution in [3.8, 4) is 5.82 Å². The normalized spacial score (nSPS) is 14.2. The molecule has 1 N–H and O–H groups in total. The fraction of sp³-hybridized carbons (Fsp3) is 0.385. The van der Waals surface area contributed by atoms with E-state index in [0.717, 1.165) is 11.5 Å². The quantitative estimate of drug-likeness (QED) is 0.877. The summed E-state index contributed by atoms with van der Waals surface area (Å²) in [4.78, 5) is 8.37. The van der Waals surface area contributed by atoms with Gasteiger partial charge in [0.05, 0.1) is 18.0 Å². The van der Waals surface area contributed by atoms with Gasteiger partial charge in [-0.25, -0.2) is 9.97 Å². The molecule has 2 heterocycles. The summed E-state index contributed by atoms with van der Waals surface area (Å²) in [5.74, 6) is 0.852. The van der Waals surface area contributed by atoms with Crippen LogP contribution >= 0.6 is 0 Å². The SMILES string of the molecule is COC(C)C(C)Nc1ccc(-n2ccnc2)nc1. The van der Waals surface area contributed by atoms with Crippen molar-refractivity contribution < 1.29 is 4.74 Å². The molecule has 2 aromatic rings. The number of rotatable bonds is 5. The summed E-state index contributed by atoms with van der Waals surface area (Å²) in [6.45, 7) is 4.11. The summed E-state index contributed by atoms with van der Waals surface area (Å²) < 4.78 is 7.14. The maximum absolute atomic E-state index is 5.27. The average Bonchev–Trinajstić information content (AvgIpc) is 2.92. The molecule has 0 fully saturated rings. The lowest BCUT2D eigenvalue weighted by Crippen LogP contribution is -2.29. The van der Waals surface area contributed by atoms with Crippen molar-refractivity contribution in [3.63, 3.8) is 0 Å². The zero-order valence-electron chi connectivity index (χ0n) is 10.9. The van der Waals surface area contributed by atoms with Crippen molar-refractivity contribution in [3.05, 3.63) is 37.1 Å². The van der Waals surface area contributed by atoms with Crippen LogP contribution in [0.5, 0.6) is 0 Å². The lowest BCUT2D eigenvalue weighted by Gasteiger charge is -2.20. The van der Waals surface area contributed by atoms with E-state index in [1.807, 2.05) is 36.0 Å². The molecule has 0 bridgehead atoms. The molecule has 0 aliphatic carbocycles. The third-order valence-electron chi connectivity index (χ3n) is 2.99. The van der Waals surface area contributed by atoms with Gasteiger partial charge < -0.3 is 10.1 Å². The van der Waals surface area contributed by atoms with Gasteiger partial charge in [0.15, 0.2) is 0 Å². The van der Waals surface area contributed by atoms with Crippen LogP contribution in [0, 0.1) is 0 Å². The van der Waals surface area contributed by atoms with E-state index in [9.17, 15) is 0 Å². The molecule has 2 aromatic heterocycles. The van der Waals surface area contributed by atoms with Gasteiger partial charge in [-0.15, -0.1) is 0 Å². The molecule has 0 aromatic carbocycles. The van der Waals surface area contributed by atoms with Gasteiger partial charge in [-0.3, -0.25) is 4.57 Å². The lowest BCUT2D eigenvalue weighted by molar-refractivity contribution is 0.106. The molecular weight excluding hydrogens is 228 g/mol. The van der Waals surface area contributed by atoms with Gasteiger partial charge in [0.2, 0.25) is 0 Å². The zero-order valence-corrected chi connectivity index (χ0v) is 10.9. The van der Waals surface area contributed by atoms with Crippen LogP contribution in [-0.2, 0) is 4.74 Å². The van der Waals surface area contributed by atoms with E-state index in [2.05, 4.69) is 22.2 Å². The van der Waals surface area contributed by atoms with Crippen molar-refractivity contribution in [1.82, 2.24) is 14.5 Å². The number of methoxy groups -OCH3 is 1. The Morgan fingerprint density at radius 3 is 2.72 bits per heavy atom. The van der Waals surface area contributed by atoms with Gasteiger partial charge in [0, 0.05) is 25.5 Å². The summed E-state index contributed by atoms with van der Waals surface area (Å²) in [6.07, 6.45) is 7.29. The molecule has 2 rings (SSSR count). The van der Waals surface area contributed by atoms with Crippen molar-refractivity contribution in [1.29, 1.82) is 0 Å². The van der Waals surface area contributed by atoms with Crippen LogP contribution in [0.1, 0.15) is 13.8 Å². The molecule has 2 unspecified atom stereocenters. The molecule has 0 aliphatic rings. The maximum atomic E-state index is 5.27. The number of pyridine rings is 1. The third kappa shape index (κ3) is 2.87. The van der Waals surface area contributed by atoms with Crippen LogP contribution in [0.3, 0.4) is 0 Å². The first kappa shape index (κ1) is 12.6. The Kier molecular flexibility index (Phi) is 3.94. The van der Waals surface area contributed by atoms with E-state index < -0.39 is 0 Å². The fourth-order valence-electron chi connectivity index (χ4n) is 1.60. The average molecular weight is 246 g/mol. The van der Waals surface area contributed by atoms with Crippen molar-refractivity contribution in [2.24, 2.45) is 0 Å².